The van der Waals surface area contributed by atoms with Crippen LogP contribution in [0.1, 0.15) is 23.7 Å². The van der Waals surface area contributed by atoms with Crippen molar-refractivity contribution in [1.29, 1.82) is 0 Å². The van der Waals surface area contributed by atoms with Crippen molar-refractivity contribution >= 4 is 23.3 Å². The Morgan fingerprint density at radius 1 is 1.44 bits per heavy atom. The Bertz CT molecular complexity index is 457. The van der Waals surface area contributed by atoms with Crippen molar-refractivity contribution in [2.45, 2.75) is 19.4 Å². The Labute approximate surface area is 92.5 Å². The summed E-state index contributed by atoms with van der Waals surface area (Å²) in [6.07, 6.45) is 0.686. The highest BCUT2D eigenvalue weighted by Crippen LogP contribution is 2.28. The van der Waals surface area contributed by atoms with E-state index in [4.69, 9.17) is 5.11 Å². The molecule has 5 nitrogen and oxygen atoms in total. The molecule has 1 aliphatic rings. The zero-order valence-corrected chi connectivity index (χ0v) is 8.78. The average molecular weight is 220 g/mol. The number of fused-ring (bicyclic) bond motifs is 1. The van der Waals surface area contributed by atoms with E-state index in [1.54, 1.807) is 6.07 Å². The Morgan fingerprint density at radius 3 is 2.81 bits per heavy atom. The summed E-state index contributed by atoms with van der Waals surface area (Å²) < 4.78 is 0. The number of hydrogen-bond donors (Lipinski definition) is 3. The molecule has 1 atom stereocenters. The van der Waals surface area contributed by atoms with Gasteiger partial charge in [-0.1, -0.05) is 6.92 Å². The van der Waals surface area contributed by atoms with Crippen LogP contribution in [0.5, 0.6) is 0 Å². The molecule has 84 valence electrons. The fraction of sp³-hybridized carbons (Fsp3) is 0.273. The van der Waals surface area contributed by atoms with Crippen LogP contribution in [0, 0.1) is 0 Å². The van der Waals surface area contributed by atoms with Crippen molar-refractivity contribution in [3.8, 4) is 0 Å². The number of anilines is 2. The number of benzene rings is 1. The summed E-state index contributed by atoms with van der Waals surface area (Å²) in [6, 6.07) is 4.39. The Balaban J connectivity index is 2.36. The van der Waals surface area contributed by atoms with Gasteiger partial charge in [0.15, 0.2) is 0 Å². The largest absolute Gasteiger partial charge is 0.478 e. The van der Waals surface area contributed by atoms with Crippen molar-refractivity contribution in [3.63, 3.8) is 0 Å². The monoisotopic (exact) mass is 220 g/mol. The van der Waals surface area contributed by atoms with E-state index in [1.165, 1.54) is 12.1 Å². The SMILES string of the molecule is CCC1Nc2ccc(C(=O)O)cc2NC1=O. The number of carboxylic acid groups (broad SMARTS) is 1. The molecule has 0 radical (unpaired) electrons. The van der Waals surface area contributed by atoms with Gasteiger partial charge in [-0.25, -0.2) is 4.79 Å². The molecule has 1 unspecified atom stereocenters. The molecule has 0 aromatic heterocycles. The van der Waals surface area contributed by atoms with Crippen molar-refractivity contribution in [3.05, 3.63) is 23.8 Å². The molecular weight excluding hydrogens is 208 g/mol. The summed E-state index contributed by atoms with van der Waals surface area (Å²) >= 11 is 0. The fourth-order valence-electron chi connectivity index (χ4n) is 1.67. The van der Waals surface area contributed by atoms with Gasteiger partial charge in [-0.15, -0.1) is 0 Å². The molecule has 1 aliphatic heterocycles. The summed E-state index contributed by atoms with van der Waals surface area (Å²) in [5, 5.41) is 14.6. The highest BCUT2D eigenvalue weighted by Gasteiger charge is 2.24. The quantitative estimate of drug-likeness (QED) is 0.706. The van der Waals surface area contributed by atoms with E-state index in [0.29, 0.717) is 12.1 Å². The third kappa shape index (κ3) is 1.71. The summed E-state index contributed by atoms with van der Waals surface area (Å²) in [4.78, 5) is 22.3. The highest BCUT2D eigenvalue weighted by atomic mass is 16.4. The number of carboxylic acids is 1. The maximum Gasteiger partial charge on any atom is 0.335 e. The molecule has 3 N–H and O–H groups in total. The lowest BCUT2D eigenvalue weighted by molar-refractivity contribution is -0.117. The van der Waals surface area contributed by atoms with E-state index >= 15 is 0 Å². The fourth-order valence-corrected chi connectivity index (χ4v) is 1.67. The van der Waals surface area contributed by atoms with Gasteiger partial charge in [0.2, 0.25) is 5.91 Å². The molecule has 5 heteroatoms. The van der Waals surface area contributed by atoms with Gasteiger partial charge in [-0.05, 0) is 24.6 Å². The second kappa shape index (κ2) is 3.84. The molecule has 0 saturated carbocycles. The third-order valence-electron chi connectivity index (χ3n) is 2.58. The van der Waals surface area contributed by atoms with Gasteiger partial charge in [-0.2, -0.15) is 0 Å². The summed E-state index contributed by atoms with van der Waals surface area (Å²) in [5.41, 5.74) is 1.45. The minimum Gasteiger partial charge on any atom is -0.478 e. The first-order valence-electron chi connectivity index (χ1n) is 5.06. The Morgan fingerprint density at radius 2 is 2.19 bits per heavy atom. The van der Waals surface area contributed by atoms with Crippen LogP contribution in [-0.4, -0.2) is 23.0 Å². The molecule has 2 rings (SSSR count). The molecule has 0 fully saturated rings. The summed E-state index contributed by atoms with van der Waals surface area (Å²) in [6.45, 7) is 1.91. The van der Waals surface area contributed by atoms with Crippen LogP contribution in [0.3, 0.4) is 0 Å². The van der Waals surface area contributed by atoms with Crippen LogP contribution < -0.4 is 10.6 Å². The molecule has 0 aliphatic carbocycles. The second-order valence-electron chi connectivity index (χ2n) is 3.66. The molecule has 1 heterocycles. The number of amides is 1. The third-order valence-corrected chi connectivity index (χ3v) is 2.58. The maximum atomic E-state index is 11.5. The zero-order chi connectivity index (χ0) is 11.7. The van der Waals surface area contributed by atoms with Crippen molar-refractivity contribution in [2.75, 3.05) is 10.6 Å². The van der Waals surface area contributed by atoms with Crippen LogP contribution in [0.25, 0.3) is 0 Å². The number of aromatic carboxylic acids is 1. The molecule has 0 bridgehead atoms. The molecule has 0 saturated heterocycles. The molecule has 16 heavy (non-hydrogen) atoms. The predicted molar refractivity (Wildman–Crippen MR) is 59.7 cm³/mol. The predicted octanol–water partition coefficient (Wildman–Crippen LogP) is 1.53. The van der Waals surface area contributed by atoms with Gasteiger partial charge < -0.3 is 15.7 Å². The standard InChI is InChI=1S/C11H12N2O3/c1-2-7-10(14)13-9-5-6(11(15)16)3-4-8(9)12-7/h3-5,7,12H,2H2,1H3,(H,13,14)(H,15,16). The lowest BCUT2D eigenvalue weighted by Crippen LogP contribution is -2.38. The van der Waals surface area contributed by atoms with Gasteiger partial charge in [0, 0.05) is 0 Å². The van der Waals surface area contributed by atoms with E-state index in [-0.39, 0.29) is 17.5 Å². The summed E-state index contributed by atoms with van der Waals surface area (Å²) in [5.74, 6) is -1.13. The molecule has 1 amide bonds. The van der Waals surface area contributed by atoms with Gasteiger partial charge >= 0.3 is 5.97 Å². The highest BCUT2D eigenvalue weighted by molar-refractivity contribution is 6.04. The first kappa shape index (κ1) is 10.5. The lowest BCUT2D eigenvalue weighted by Gasteiger charge is -2.26. The summed E-state index contributed by atoms with van der Waals surface area (Å²) in [7, 11) is 0. The van der Waals surface area contributed by atoms with Crippen LogP contribution >= 0.6 is 0 Å². The topological polar surface area (TPSA) is 78.4 Å². The first-order chi connectivity index (χ1) is 7.61. The number of carbonyl (C=O) groups excluding carboxylic acids is 1. The van der Waals surface area contributed by atoms with E-state index in [9.17, 15) is 9.59 Å². The van der Waals surface area contributed by atoms with Gasteiger partial charge in [0.05, 0.1) is 16.9 Å². The lowest BCUT2D eigenvalue weighted by atomic mass is 10.1. The van der Waals surface area contributed by atoms with Crippen LogP contribution in [0.2, 0.25) is 0 Å². The van der Waals surface area contributed by atoms with Crippen LogP contribution in [0.15, 0.2) is 18.2 Å². The molecular formula is C11H12N2O3. The Kier molecular flexibility index (Phi) is 2.52. The number of carbonyl (C=O) groups is 2. The Hall–Kier alpha value is -2.04. The van der Waals surface area contributed by atoms with Crippen molar-refractivity contribution < 1.29 is 14.7 Å². The van der Waals surface area contributed by atoms with E-state index in [1.807, 2.05) is 6.92 Å². The van der Waals surface area contributed by atoms with Crippen molar-refractivity contribution in [1.82, 2.24) is 0 Å². The van der Waals surface area contributed by atoms with E-state index < -0.39 is 5.97 Å². The van der Waals surface area contributed by atoms with Gasteiger partial charge in [-0.3, -0.25) is 4.79 Å². The van der Waals surface area contributed by atoms with Gasteiger partial charge in [0.25, 0.3) is 0 Å². The van der Waals surface area contributed by atoms with Crippen LogP contribution in [-0.2, 0) is 4.79 Å². The number of nitrogens with one attached hydrogen (secondary N) is 2. The van der Waals surface area contributed by atoms with E-state index in [0.717, 1.165) is 5.69 Å². The molecule has 1 aromatic rings. The molecule has 0 spiro atoms. The average Bonchev–Trinajstić information content (AvgIpc) is 2.27. The first-order valence-corrected chi connectivity index (χ1v) is 5.06. The van der Waals surface area contributed by atoms with Crippen molar-refractivity contribution in [2.24, 2.45) is 0 Å². The van der Waals surface area contributed by atoms with Gasteiger partial charge in [0.1, 0.15) is 6.04 Å². The zero-order valence-electron chi connectivity index (χ0n) is 8.78. The number of hydrogen-bond acceptors (Lipinski definition) is 3. The smallest absolute Gasteiger partial charge is 0.335 e. The minimum atomic E-state index is -1.00. The minimum absolute atomic E-state index is 0.127. The second-order valence-corrected chi connectivity index (χ2v) is 3.66. The molecule has 1 aromatic carbocycles. The van der Waals surface area contributed by atoms with E-state index in [2.05, 4.69) is 10.6 Å². The van der Waals surface area contributed by atoms with Crippen LogP contribution in [0.4, 0.5) is 11.4 Å². The maximum absolute atomic E-state index is 11.5. The normalized spacial score (nSPS) is 18.3. The number of rotatable bonds is 2.